The summed E-state index contributed by atoms with van der Waals surface area (Å²) in [5.74, 6) is -0.216. The van der Waals surface area contributed by atoms with Crippen LogP contribution >= 0.6 is 0 Å². The number of hydrogen-bond donors (Lipinski definition) is 1. The van der Waals surface area contributed by atoms with Gasteiger partial charge in [-0.3, -0.25) is 0 Å². The molecule has 0 atom stereocenters. The molecule has 7 heteroatoms. The number of nitrogen functional groups attached to an aromatic ring is 1. The van der Waals surface area contributed by atoms with Crippen LogP contribution in [0.4, 0.5) is 18.9 Å². The molecular weight excluding hydrogens is 295 g/mol. The second-order valence-corrected chi connectivity index (χ2v) is 4.74. The van der Waals surface area contributed by atoms with Gasteiger partial charge in [-0.1, -0.05) is 12.1 Å². The lowest BCUT2D eigenvalue weighted by atomic mass is 10.2. The molecule has 0 saturated carbocycles. The molecule has 0 spiro atoms. The van der Waals surface area contributed by atoms with Crippen molar-refractivity contribution in [3.8, 4) is 5.75 Å². The summed E-state index contributed by atoms with van der Waals surface area (Å²) in [7, 11) is 0. The topological polar surface area (TPSA) is 52.5 Å². The van der Waals surface area contributed by atoms with Gasteiger partial charge in [-0.2, -0.15) is 13.2 Å². The Kier molecular flexibility index (Phi) is 3.40. The van der Waals surface area contributed by atoms with Gasteiger partial charge in [0.05, 0.1) is 11.3 Å². The minimum absolute atomic E-state index is 0.0608. The first-order chi connectivity index (χ1) is 10.4. The number of fused-ring (bicyclic) bond motifs is 1. The molecule has 0 saturated heterocycles. The fourth-order valence-corrected chi connectivity index (χ4v) is 2.10. The van der Waals surface area contributed by atoms with E-state index in [1.807, 2.05) is 0 Å². The zero-order valence-electron chi connectivity index (χ0n) is 11.3. The summed E-state index contributed by atoms with van der Waals surface area (Å²) < 4.78 is 45.6. The van der Waals surface area contributed by atoms with Crippen molar-refractivity contribution in [3.05, 3.63) is 60.0 Å². The summed E-state index contributed by atoms with van der Waals surface area (Å²) >= 11 is 0. The molecule has 114 valence electrons. The largest absolute Gasteiger partial charge is 0.487 e. The summed E-state index contributed by atoms with van der Waals surface area (Å²) in [6, 6.07) is 8.47. The van der Waals surface area contributed by atoms with E-state index >= 15 is 0 Å². The van der Waals surface area contributed by atoms with Gasteiger partial charge in [0.1, 0.15) is 18.0 Å². The number of benzene rings is 1. The lowest BCUT2D eigenvalue weighted by molar-refractivity contribution is -0.139. The molecule has 0 aliphatic heterocycles. The average Bonchev–Trinajstić information content (AvgIpc) is 2.86. The number of halogens is 3. The number of nitrogens with two attached hydrogens (primary N) is 1. The summed E-state index contributed by atoms with van der Waals surface area (Å²) in [5, 5.41) is 0. The minimum atomic E-state index is -4.45. The van der Waals surface area contributed by atoms with Crippen molar-refractivity contribution in [1.29, 1.82) is 0 Å². The van der Waals surface area contributed by atoms with Crippen LogP contribution in [0.15, 0.2) is 48.8 Å². The standard InChI is InChI=1S/C15H12F3N3O/c16-15(17,18)12-3-1-2-4-13(12)22-9-11-8-21-6-5-10(19)7-14(21)20-11/h1-8H,9,19H2. The van der Waals surface area contributed by atoms with Gasteiger partial charge in [0.2, 0.25) is 0 Å². The highest BCUT2D eigenvalue weighted by Crippen LogP contribution is 2.36. The molecule has 22 heavy (non-hydrogen) atoms. The second kappa shape index (κ2) is 5.25. The Labute approximate surface area is 124 Å². The van der Waals surface area contributed by atoms with Gasteiger partial charge in [-0.05, 0) is 18.2 Å². The molecule has 2 N–H and O–H groups in total. The van der Waals surface area contributed by atoms with Crippen molar-refractivity contribution in [2.24, 2.45) is 0 Å². The van der Waals surface area contributed by atoms with E-state index in [1.165, 1.54) is 18.2 Å². The van der Waals surface area contributed by atoms with Crippen LogP contribution in [0.25, 0.3) is 5.65 Å². The molecule has 0 bridgehead atoms. The molecule has 0 fully saturated rings. The van der Waals surface area contributed by atoms with Crippen LogP contribution in [0.5, 0.6) is 5.75 Å². The highest BCUT2D eigenvalue weighted by atomic mass is 19.4. The minimum Gasteiger partial charge on any atom is -0.487 e. The zero-order chi connectivity index (χ0) is 15.7. The second-order valence-electron chi connectivity index (χ2n) is 4.74. The third-order valence-corrected chi connectivity index (χ3v) is 3.10. The Bertz CT molecular complexity index is 811. The first kappa shape index (κ1) is 14.2. The first-order valence-corrected chi connectivity index (χ1v) is 6.45. The van der Waals surface area contributed by atoms with Crippen LogP contribution in [0.1, 0.15) is 11.3 Å². The van der Waals surface area contributed by atoms with Crippen molar-refractivity contribution in [3.63, 3.8) is 0 Å². The smallest absolute Gasteiger partial charge is 0.419 e. The van der Waals surface area contributed by atoms with E-state index < -0.39 is 11.7 Å². The van der Waals surface area contributed by atoms with Gasteiger partial charge in [0, 0.05) is 24.1 Å². The molecule has 0 aliphatic carbocycles. The molecular formula is C15H12F3N3O. The van der Waals surface area contributed by atoms with Crippen molar-refractivity contribution < 1.29 is 17.9 Å². The number of pyridine rings is 1. The lowest BCUT2D eigenvalue weighted by Gasteiger charge is -2.12. The third kappa shape index (κ3) is 2.83. The molecule has 2 aromatic heterocycles. The molecule has 0 radical (unpaired) electrons. The highest BCUT2D eigenvalue weighted by molar-refractivity contribution is 5.52. The van der Waals surface area contributed by atoms with Crippen LogP contribution in [0.3, 0.4) is 0 Å². The number of rotatable bonds is 3. The SMILES string of the molecule is Nc1ccn2cc(COc3ccccc3C(F)(F)F)nc2c1. The van der Waals surface area contributed by atoms with E-state index in [9.17, 15) is 13.2 Å². The normalized spacial score (nSPS) is 11.8. The maximum atomic E-state index is 12.9. The molecule has 1 aromatic carbocycles. The fraction of sp³-hybridized carbons (Fsp3) is 0.133. The Morgan fingerprint density at radius 1 is 1.18 bits per heavy atom. The van der Waals surface area contributed by atoms with E-state index in [0.717, 1.165) is 6.07 Å². The summed E-state index contributed by atoms with van der Waals surface area (Å²) in [6.45, 7) is -0.0608. The molecule has 3 rings (SSSR count). The van der Waals surface area contributed by atoms with E-state index in [2.05, 4.69) is 4.98 Å². The van der Waals surface area contributed by atoms with Crippen molar-refractivity contribution in [2.75, 3.05) is 5.73 Å². The molecule has 2 heterocycles. The van der Waals surface area contributed by atoms with E-state index in [1.54, 1.807) is 28.9 Å². The summed E-state index contributed by atoms with van der Waals surface area (Å²) in [4.78, 5) is 4.26. The summed E-state index contributed by atoms with van der Waals surface area (Å²) in [5.41, 5.74) is 6.55. The van der Waals surface area contributed by atoms with Crippen LogP contribution < -0.4 is 10.5 Å². The monoisotopic (exact) mass is 307 g/mol. The predicted molar refractivity (Wildman–Crippen MR) is 75.4 cm³/mol. The van der Waals surface area contributed by atoms with Crippen molar-refractivity contribution in [2.45, 2.75) is 12.8 Å². The lowest BCUT2D eigenvalue weighted by Crippen LogP contribution is -2.08. The number of alkyl halides is 3. The fourth-order valence-electron chi connectivity index (χ4n) is 2.10. The highest BCUT2D eigenvalue weighted by Gasteiger charge is 2.34. The number of hydrogen-bond acceptors (Lipinski definition) is 3. The quantitative estimate of drug-likeness (QED) is 0.805. The maximum absolute atomic E-state index is 12.9. The van der Waals surface area contributed by atoms with Gasteiger partial charge >= 0.3 is 6.18 Å². The molecule has 3 aromatic rings. The van der Waals surface area contributed by atoms with E-state index in [-0.39, 0.29) is 12.4 Å². The van der Waals surface area contributed by atoms with Crippen LogP contribution in [-0.2, 0) is 12.8 Å². The predicted octanol–water partition coefficient (Wildman–Crippen LogP) is 3.51. The third-order valence-electron chi connectivity index (χ3n) is 3.10. The number of anilines is 1. The van der Waals surface area contributed by atoms with Crippen LogP contribution in [-0.4, -0.2) is 9.38 Å². The van der Waals surface area contributed by atoms with Gasteiger partial charge in [0.25, 0.3) is 0 Å². The van der Waals surface area contributed by atoms with Gasteiger partial charge in [-0.25, -0.2) is 4.98 Å². The summed E-state index contributed by atoms with van der Waals surface area (Å²) in [6.07, 6.45) is -1.04. The number of ether oxygens (including phenoxy) is 1. The van der Waals surface area contributed by atoms with Gasteiger partial charge in [0.15, 0.2) is 0 Å². The molecule has 0 aliphatic rings. The zero-order valence-corrected chi connectivity index (χ0v) is 11.3. The molecule has 0 amide bonds. The Morgan fingerprint density at radius 2 is 1.95 bits per heavy atom. The van der Waals surface area contributed by atoms with Gasteiger partial charge in [-0.15, -0.1) is 0 Å². The van der Waals surface area contributed by atoms with E-state index in [0.29, 0.717) is 17.0 Å². The van der Waals surface area contributed by atoms with Crippen LogP contribution in [0, 0.1) is 0 Å². The maximum Gasteiger partial charge on any atom is 0.419 e. The first-order valence-electron chi connectivity index (χ1n) is 6.45. The number of aromatic nitrogens is 2. The molecule has 4 nitrogen and oxygen atoms in total. The Morgan fingerprint density at radius 3 is 2.73 bits per heavy atom. The number of imidazole rings is 1. The Balaban J connectivity index is 1.82. The average molecular weight is 307 g/mol. The Hall–Kier alpha value is -2.70. The number of nitrogens with zero attached hydrogens (tertiary/aromatic N) is 2. The van der Waals surface area contributed by atoms with Crippen molar-refractivity contribution >= 4 is 11.3 Å². The number of para-hydroxylation sites is 1. The van der Waals surface area contributed by atoms with Crippen molar-refractivity contribution in [1.82, 2.24) is 9.38 Å². The van der Waals surface area contributed by atoms with E-state index in [4.69, 9.17) is 10.5 Å². The van der Waals surface area contributed by atoms with Crippen LogP contribution in [0.2, 0.25) is 0 Å². The van der Waals surface area contributed by atoms with Gasteiger partial charge < -0.3 is 14.9 Å². The molecule has 0 unspecified atom stereocenters.